The van der Waals surface area contributed by atoms with Crippen LogP contribution in [0.25, 0.3) is 0 Å². The van der Waals surface area contributed by atoms with Crippen LogP contribution in [-0.2, 0) is 0 Å². The smallest absolute Gasteiger partial charge is 0.170 e. The van der Waals surface area contributed by atoms with Crippen molar-refractivity contribution in [2.75, 3.05) is 6.54 Å². The lowest BCUT2D eigenvalue weighted by Crippen LogP contribution is -2.26. The lowest BCUT2D eigenvalue weighted by molar-refractivity contribution is 0.559. The van der Waals surface area contributed by atoms with Crippen LogP contribution < -0.4 is 11.2 Å². The van der Waals surface area contributed by atoms with Crippen LogP contribution in [0.1, 0.15) is 0 Å². The van der Waals surface area contributed by atoms with Crippen LogP contribution in [0.5, 0.6) is 0 Å². The van der Waals surface area contributed by atoms with Crippen molar-refractivity contribution in [3.63, 3.8) is 0 Å². The van der Waals surface area contributed by atoms with Crippen molar-refractivity contribution in [3.8, 4) is 0 Å². The van der Waals surface area contributed by atoms with Gasteiger partial charge in [0.25, 0.3) is 0 Å². The highest BCUT2D eigenvalue weighted by atomic mass is 32.2. The first kappa shape index (κ1) is 6.21. The molecule has 3 N–H and O–H groups in total. The molecule has 2 aliphatic heterocycles. The second-order valence-corrected chi connectivity index (χ2v) is 3.30. The van der Waals surface area contributed by atoms with E-state index in [0.29, 0.717) is 0 Å². The number of fused-ring (bicyclic) bond motifs is 1. The van der Waals surface area contributed by atoms with Crippen LogP contribution in [0.3, 0.4) is 0 Å². The molecule has 0 amide bonds. The van der Waals surface area contributed by atoms with Gasteiger partial charge in [0.2, 0.25) is 0 Å². The van der Waals surface area contributed by atoms with E-state index >= 15 is 0 Å². The largest absolute Gasteiger partial charge is 0.350 e. The van der Waals surface area contributed by atoms with E-state index in [2.05, 4.69) is 16.6 Å². The SMILES string of the molecule is NN1CC2=CN=[C]NC2S1. The Balaban J connectivity index is 2.18. The quantitative estimate of drug-likeness (QED) is 0.367. The minimum absolute atomic E-state index is 0.266. The van der Waals surface area contributed by atoms with Gasteiger partial charge < -0.3 is 5.32 Å². The Bertz CT molecular complexity index is 200. The first-order valence-corrected chi connectivity index (χ1v) is 3.78. The molecular weight excluding hydrogens is 148 g/mol. The summed E-state index contributed by atoms with van der Waals surface area (Å²) in [5, 5.41) is 3.23. The summed E-state index contributed by atoms with van der Waals surface area (Å²) in [7, 11) is 0. The van der Waals surface area contributed by atoms with Crippen LogP contribution in [0.2, 0.25) is 0 Å². The van der Waals surface area contributed by atoms with Crippen LogP contribution in [0.4, 0.5) is 0 Å². The Labute approximate surface area is 63.3 Å². The number of nitrogens with two attached hydrogens (primary N) is 1. The van der Waals surface area contributed by atoms with Gasteiger partial charge in [-0.05, 0) is 17.5 Å². The maximum Gasteiger partial charge on any atom is 0.170 e. The average Bonchev–Trinajstić information content (AvgIpc) is 2.27. The van der Waals surface area contributed by atoms with Crippen molar-refractivity contribution in [1.82, 2.24) is 9.73 Å². The number of rotatable bonds is 0. The molecule has 0 aromatic carbocycles. The number of hydrazine groups is 1. The van der Waals surface area contributed by atoms with E-state index in [1.807, 2.05) is 0 Å². The lowest BCUT2D eigenvalue weighted by atomic mass is 10.3. The van der Waals surface area contributed by atoms with E-state index in [9.17, 15) is 0 Å². The molecule has 1 unspecified atom stereocenters. The zero-order valence-electron chi connectivity index (χ0n) is 5.24. The molecule has 10 heavy (non-hydrogen) atoms. The van der Waals surface area contributed by atoms with Gasteiger partial charge >= 0.3 is 0 Å². The molecule has 2 heterocycles. The van der Waals surface area contributed by atoms with Crippen molar-refractivity contribution in [2.24, 2.45) is 10.8 Å². The molecule has 0 bridgehead atoms. The van der Waals surface area contributed by atoms with Crippen LogP contribution in [-0.4, -0.2) is 22.7 Å². The van der Waals surface area contributed by atoms with Gasteiger partial charge in [0, 0.05) is 6.20 Å². The summed E-state index contributed by atoms with van der Waals surface area (Å²) < 4.78 is 1.69. The summed E-state index contributed by atoms with van der Waals surface area (Å²) in [5.41, 5.74) is 1.21. The number of nitrogens with zero attached hydrogens (tertiary/aromatic N) is 2. The summed E-state index contributed by atoms with van der Waals surface area (Å²) in [5.74, 6) is 5.54. The number of nitrogens with one attached hydrogen (secondary N) is 1. The topological polar surface area (TPSA) is 53.6 Å². The summed E-state index contributed by atoms with van der Waals surface area (Å²) in [6.45, 7) is 0.785. The average molecular weight is 155 g/mol. The van der Waals surface area contributed by atoms with Crippen molar-refractivity contribution < 1.29 is 0 Å². The van der Waals surface area contributed by atoms with E-state index in [0.717, 1.165) is 6.54 Å². The van der Waals surface area contributed by atoms with Crippen LogP contribution >= 0.6 is 11.9 Å². The molecule has 4 nitrogen and oxygen atoms in total. The van der Waals surface area contributed by atoms with E-state index < -0.39 is 0 Å². The Hall–Kier alpha value is -0.520. The first-order valence-electron chi connectivity index (χ1n) is 2.94. The van der Waals surface area contributed by atoms with Gasteiger partial charge in [0.1, 0.15) is 5.37 Å². The van der Waals surface area contributed by atoms with Gasteiger partial charge in [0.05, 0.1) is 6.54 Å². The zero-order valence-corrected chi connectivity index (χ0v) is 6.06. The molecular formula is C5H7N4S. The van der Waals surface area contributed by atoms with Crippen molar-refractivity contribution in [2.45, 2.75) is 5.37 Å². The monoisotopic (exact) mass is 155 g/mol. The Morgan fingerprint density at radius 1 is 2.00 bits per heavy atom. The minimum atomic E-state index is 0.266. The molecule has 1 saturated heterocycles. The second-order valence-electron chi connectivity index (χ2n) is 2.15. The van der Waals surface area contributed by atoms with E-state index in [-0.39, 0.29) is 5.37 Å². The molecule has 0 aromatic heterocycles. The molecule has 2 rings (SSSR count). The zero-order chi connectivity index (χ0) is 6.97. The van der Waals surface area contributed by atoms with E-state index in [1.165, 1.54) is 5.57 Å². The molecule has 0 saturated carbocycles. The van der Waals surface area contributed by atoms with Gasteiger partial charge in [-0.25, -0.2) is 4.99 Å². The fraction of sp³-hybridized carbons (Fsp3) is 0.400. The Morgan fingerprint density at radius 3 is 3.70 bits per heavy atom. The van der Waals surface area contributed by atoms with Crippen LogP contribution in [0.15, 0.2) is 16.8 Å². The fourth-order valence-electron chi connectivity index (χ4n) is 0.942. The maximum absolute atomic E-state index is 5.54. The lowest BCUT2D eigenvalue weighted by Gasteiger charge is -2.10. The molecule has 0 aromatic rings. The van der Waals surface area contributed by atoms with Gasteiger partial charge in [-0.15, -0.1) is 0 Å². The Morgan fingerprint density at radius 2 is 2.90 bits per heavy atom. The molecule has 1 fully saturated rings. The first-order chi connectivity index (χ1) is 4.86. The molecule has 5 heteroatoms. The molecule has 1 atom stereocenters. The van der Waals surface area contributed by atoms with Gasteiger partial charge in [-0.3, -0.25) is 5.84 Å². The van der Waals surface area contributed by atoms with Gasteiger partial charge in [-0.1, -0.05) is 0 Å². The number of hydrogen-bond donors (Lipinski definition) is 2. The highest BCUT2D eigenvalue weighted by molar-refractivity contribution is 7.98. The number of aliphatic imine (C=N–C) groups is 1. The third-order valence-electron chi connectivity index (χ3n) is 1.41. The van der Waals surface area contributed by atoms with Crippen molar-refractivity contribution >= 4 is 18.3 Å². The van der Waals surface area contributed by atoms with Gasteiger partial charge in [0.15, 0.2) is 6.34 Å². The van der Waals surface area contributed by atoms with Crippen molar-refractivity contribution in [3.05, 3.63) is 11.8 Å². The standard InChI is InChI=1S/C5H7N4S/c6-9-2-4-1-7-3-8-5(4)10-9/h1,5H,2,6H2,(H,7,8). The predicted octanol–water partition coefficient (Wildman–Crippen LogP) is -0.458. The van der Waals surface area contributed by atoms with E-state index in [1.54, 1.807) is 22.6 Å². The molecule has 2 aliphatic rings. The fourth-order valence-corrected chi connectivity index (χ4v) is 1.81. The predicted molar refractivity (Wildman–Crippen MR) is 40.9 cm³/mol. The normalized spacial score (nSPS) is 31.3. The van der Waals surface area contributed by atoms with E-state index in [4.69, 9.17) is 5.84 Å². The second kappa shape index (κ2) is 2.26. The third kappa shape index (κ3) is 0.920. The molecule has 0 aliphatic carbocycles. The molecule has 0 spiro atoms. The summed E-state index contributed by atoms with van der Waals surface area (Å²) >= 11 is 1.56. The third-order valence-corrected chi connectivity index (χ3v) is 2.44. The van der Waals surface area contributed by atoms with Crippen LogP contribution in [0, 0.1) is 0 Å². The molecule has 1 radical (unpaired) electrons. The molecule has 53 valence electrons. The highest BCUT2D eigenvalue weighted by Crippen LogP contribution is 2.28. The Kier molecular flexibility index (Phi) is 1.40. The van der Waals surface area contributed by atoms with Crippen molar-refractivity contribution in [1.29, 1.82) is 0 Å². The minimum Gasteiger partial charge on any atom is -0.350 e. The maximum atomic E-state index is 5.54. The highest BCUT2D eigenvalue weighted by Gasteiger charge is 2.27. The van der Waals surface area contributed by atoms with Gasteiger partial charge in [-0.2, -0.15) is 4.41 Å². The summed E-state index contributed by atoms with van der Waals surface area (Å²) in [6, 6.07) is 0. The summed E-state index contributed by atoms with van der Waals surface area (Å²) in [4.78, 5) is 3.84. The number of hydrogen-bond acceptors (Lipinski definition) is 5. The summed E-state index contributed by atoms with van der Waals surface area (Å²) in [6.07, 6.45) is 4.48.